The van der Waals surface area contributed by atoms with Crippen molar-refractivity contribution in [3.8, 4) is 0 Å². The first-order valence-corrected chi connectivity index (χ1v) is 10.0. The second-order valence-electron chi connectivity index (χ2n) is 7.52. The van der Waals surface area contributed by atoms with Crippen LogP contribution in [-0.2, 0) is 24.1 Å². The first-order valence-electron chi connectivity index (χ1n) is 9.23. The van der Waals surface area contributed by atoms with Gasteiger partial charge in [-0.1, -0.05) is 0 Å². The van der Waals surface area contributed by atoms with E-state index in [-0.39, 0.29) is 17.9 Å². The Hall–Kier alpha value is -0.940. The molecule has 3 aliphatic carbocycles. The molecule has 5 heteroatoms. The molecule has 2 saturated carbocycles. The Kier molecular flexibility index (Phi) is 4.41. The zero-order chi connectivity index (χ0) is 15.8. The molecule has 0 radical (unpaired) electrons. The van der Waals surface area contributed by atoms with Crippen LogP contribution < -0.4 is 11.1 Å². The second kappa shape index (κ2) is 6.52. The third kappa shape index (κ3) is 3.05. The Labute approximate surface area is 142 Å². The number of hydrogen-bond donors (Lipinski definition) is 2. The van der Waals surface area contributed by atoms with Gasteiger partial charge in [0.25, 0.3) is 0 Å². The number of nitrogens with one attached hydrogen (secondary N) is 1. The summed E-state index contributed by atoms with van der Waals surface area (Å²) in [6.45, 7) is 0.754. The van der Waals surface area contributed by atoms with Crippen LogP contribution in [0, 0.1) is 17.8 Å². The van der Waals surface area contributed by atoms with E-state index >= 15 is 0 Å². The Morgan fingerprint density at radius 2 is 2.09 bits per heavy atom. The van der Waals surface area contributed by atoms with Gasteiger partial charge >= 0.3 is 0 Å². The van der Waals surface area contributed by atoms with Crippen LogP contribution in [0.15, 0.2) is 0 Å². The molecule has 1 aromatic rings. The van der Waals surface area contributed by atoms with Gasteiger partial charge in [0.2, 0.25) is 5.91 Å². The highest BCUT2D eigenvalue weighted by Gasteiger charge is 2.48. The molecule has 2 fully saturated rings. The minimum absolute atomic E-state index is 0.0703. The molecular formula is C18H27N3OS. The van der Waals surface area contributed by atoms with E-state index in [9.17, 15) is 4.79 Å². The van der Waals surface area contributed by atoms with Crippen molar-refractivity contribution in [2.24, 2.45) is 23.5 Å². The van der Waals surface area contributed by atoms with Gasteiger partial charge in [-0.25, -0.2) is 4.98 Å². The summed E-state index contributed by atoms with van der Waals surface area (Å²) in [6, 6.07) is 0.0967. The van der Waals surface area contributed by atoms with Crippen molar-refractivity contribution in [2.45, 2.75) is 63.8 Å². The molecule has 3 N–H and O–H groups in total. The van der Waals surface area contributed by atoms with Crippen molar-refractivity contribution in [3.05, 3.63) is 15.6 Å². The summed E-state index contributed by atoms with van der Waals surface area (Å²) in [7, 11) is 0. The van der Waals surface area contributed by atoms with Crippen LogP contribution in [0.25, 0.3) is 0 Å². The van der Waals surface area contributed by atoms with E-state index in [0.717, 1.165) is 25.8 Å². The Morgan fingerprint density at radius 1 is 1.26 bits per heavy atom. The van der Waals surface area contributed by atoms with E-state index in [1.54, 1.807) is 0 Å². The molecule has 1 heterocycles. The lowest BCUT2D eigenvalue weighted by molar-refractivity contribution is -0.127. The lowest BCUT2D eigenvalue weighted by Crippen LogP contribution is -2.45. The zero-order valence-electron chi connectivity index (χ0n) is 13.7. The van der Waals surface area contributed by atoms with Gasteiger partial charge in [0.15, 0.2) is 0 Å². The largest absolute Gasteiger partial charge is 0.356 e. The first kappa shape index (κ1) is 15.6. The quantitative estimate of drug-likeness (QED) is 0.813. The van der Waals surface area contributed by atoms with Crippen molar-refractivity contribution in [1.29, 1.82) is 0 Å². The summed E-state index contributed by atoms with van der Waals surface area (Å²) in [6.07, 6.45) is 10.5. The zero-order valence-corrected chi connectivity index (χ0v) is 14.5. The number of nitrogens with two attached hydrogens (primary N) is 1. The Bertz CT molecular complexity index is 559. The molecular weight excluding hydrogens is 306 g/mol. The topological polar surface area (TPSA) is 68.0 Å². The molecule has 1 aromatic heterocycles. The summed E-state index contributed by atoms with van der Waals surface area (Å²) in [5, 5.41) is 4.38. The Morgan fingerprint density at radius 3 is 2.87 bits per heavy atom. The van der Waals surface area contributed by atoms with Crippen molar-refractivity contribution >= 4 is 17.2 Å². The number of aryl methyl sites for hydroxylation is 3. The molecule has 4 atom stereocenters. The van der Waals surface area contributed by atoms with E-state index in [4.69, 9.17) is 10.7 Å². The van der Waals surface area contributed by atoms with Crippen LogP contribution in [0.5, 0.6) is 0 Å². The first-order chi connectivity index (χ1) is 11.2. The average molecular weight is 334 g/mol. The Balaban J connectivity index is 1.23. The van der Waals surface area contributed by atoms with E-state index in [0.29, 0.717) is 11.8 Å². The fourth-order valence-electron chi connectivity index (χ4n) is 4.81. The van der Waals surface area contributed by atoms with Crippen molar-refractivity contribution in [3.63, 3.8) is 0 Å². The number of fused-ring (bicyclic) bond motifs is 3. The number of amides is 1. The van der Waals surface area contributed by atoms with Gasteiger partial charge in [-0.3, -0.25) is 4.79 Å². The third-order valence-corrected chi connectivity index (χ3v) is 7.26. The van der Waals surface area contributed by atoms with Gasteiger partial charge < -0.3 is 11.1 Å². The third-order valence-electron chi connectivity index (χ3n) is 6.04. The summed E-state index contributed by atoms with van der Waals surface area (Å²) in [5.41, 5.74) is 7.59. The van der Waals surface area contributed by atoms with E-state index < -0.39 is 0 Å². The summed E-state index contributed by atoms with van der Waals surface area (Å²) in [5.74, 6) is 1.40. The lowest BCUT2D eigenvalue weighted by Gasteiger charge is -2.26. The summed E-state index contributed by atoms with van der Waals surface area (Å²) >= 11 is 1.89. The average Bonchev–Trinajstić information content (AvgIpc) is 3.24. The number of thiazole rings is 1. The molecule has 0 aromatic carbocycles. The maximum absolute atomic E-state index is 12.4. The molecule has 23 heavy (non-hydrogen) atoms. The summed E-state index contributed by atoms with van der Waals surface area (Å²) in [4.78, 5) is 18.7. The van der Waals surface area contributed by atoms with E-state index in [1.807, 2.05) is 11.3 Å². The fraction of sp³-hybridized carbons (Fsp3) is 0.778. The van der Waals surface area contributed by atoms with Crippen LogP contribution in [-0.4, -0.2) is 23.5 Å². The molecule has 4 rings (SSSR count). The molecule has 3 aliphatic rings. The number of nitrogens with zero attached hydrogens (tertiary/aromatic N) is 1. The van der Waals surface area contributed by atoms with Crippen molar-refractivity contribution < 1.29 is 4.79 Å². The predicted octanol–water partition coefficient (Wildman–Crippen LogP) is 2.44. The molecule has 4 unspecified atom stereocenters. The molecule has 0 saturated heterocycles. The molecule has 0 spiro atoms. The van der Waals surface area contributed by atoms with Crippen LogP contribution in [0.3, 0.4) is 0 Å². The predicted molar refractivity (Wildman–Crippen MR) is 92.4 cm³/mol. The van der Waals surface area contributed by atoms with Crippen LogP contribution in [0.1, 0.15) is 54.1 Å². The van der Waals surface area contributed by atoms with Gasteiger partial charge in [-0.15, -0.1) is 11.3 Å². The molecule has 126 valence electrons. The molecule has 2 bridgehead atoms. The van der Waals surface area contributed by atoms with Crippen molar-refractivity contribution in [1.82, 2.24) is 10.3 Å². The number of carbonyl (C=O) groups is 1. The fourth-order valence-corrected chi connectivity index (χ4v) is 6.00. The maximum Gasteiger partial charge on any atom is 0.224 e. The monoisotopic (exact) mass is 333 g/mol. The minimum atomic E-state index is 0.0703. The summed E-state index contributed by atoms with van der Waals surface area (Å²) < 4.78 is 0. The van der Waals surface area contributed by atoms with Crippen LogP contribution in [0.4, 0.5) is 0 Å². The van der Waals surface area contributed by atoms with E-state index in [1.165, 1.54) is 54.1 Å². The lowest BCUT2D eigenvalue weighted by atomic mass is 9.84. The van der Waals surface area contributed by atoms with Gasteiger partial charge in [-0.05, 0) is 63.2 Å². The number of aromatic nitrogens is 1. The second-order valence-corrected chi connectivity index (χ2v) is 8.68. The number of hydrogen-bond acceptors (Lipinski definition) is 4. The van der Waals surface area contributed by atoms with Crippen molar-refractivity contribution in [2.75, 3.05) is 6.54 Å². The van der Waals surface area contributed by atoms with Crippen LogP contribution in [0.2, 0.25) is 0 Å². The van der Waals surface area contributed by atoms with E-state index in [2.05, 4.69) is 5.32 Å². The molecule has 0 aliphatic heterocycles. The molecule has 4 nitrogen and oxygen atoms in total. The highest BCUT2D eigenvalue weighted by Crippen LogP contribution is 2.47. The van der Waals surface area contributed by atoms with Gasteiger partial charge in [0, 0.05) is 23.9 Å². The minimum Gasteiger partial charge on any atom is -0.356 e. The number of carbonyl (C=O) groups excluding carboxylic acids is 1. The standard InChI is InChI=1S/C18H27N3OS/c19-17-12-8-7-11(10-12)16(17)18(22)20-9-3-6-15-21-13-4-1-2-5-14(13)23-15/h11-12,16-17H,1-10,19H2,(H,20,22). The molecule has 1 amide bonds. The normalized spacial score (nSPS) is 32.0. The van der Waals surface area contributed by atoms with Crippen LogP contribution >= 0.6 is 11.3 Å². The smallest absolute Gasteiger partial charge is 0.224 e. The van der Waals surface area contributed by atoms with Gasteiger partial charge in [0.1, 0.15) is 0 Å². The maximum atomic E-state index is 12.4. The highest BCUT2D eigenvalue weighted by atomic mass is 32.1. The SMILES string of the molecule is NC1C2CCC(C2)C1C(=O)NCCCc1nc2c(s1)CCCC2. The number of rotatable bonds is 5. The van der Waals surface area contributed by atoms with Gasteiger partial charge in [-0.2, -0.15) is 0 Å². The van der Waals surface area contributed by atoms with Gasteiger partial charge in [0.05, 0.1) is 16.6 Å². The highest BCUT2D eigenvalue weighted by molar-refractivity contribution is 7.11.